The molecule has 0 amide bonds. The maximum atomic E-state index is 12.6. The minimum Gasteiger partial charge on any atom is -0.480 e. The van der Waals surface area contributed by atoms with Gasteiger partial charge in [-0.1, -0.05) is 12.1 Å². The van der Waals surface area contributed by atoms with E-state index in [9.17, 15) is 9.18 Å². The summed E-state index contributed by atoms with van der Waals surface area (Å²) in [6.07, 6.45) is 0.126. The highest BCUT2D eigenvalue weighted by Crippen LogP contribution is 2.15. The molecule has 0 aliphatic carbocycles. The monoisotopic (exact) mass is 212 g/mol. The molecule has 0 unspecified atom stereocenters. The Bertz CT molecular complexity index is 340. The molecule has 15 heavy (non-hydrogen) atoms. The first kappa shape index (κ1) is 11.6. The topological polar surface area (TPSA) is 89.3 Å². The highest BCUT2D eigenvalue weighted by atomic mass is 19.1. The number of benzene rings is 1. The van der Waals surface area contributed by atoms with Gasteiger partial charge in [0.2, 0.25) is 0 Å². The van der Waals surface area contributed by atoms with Gasteiger partial charge in [-0.25, -0.2) is 4.39 Å². The lowest BCUT2D eigenvalue weighted by Crippen LogP contribution is -2.33. The quantitative estimate of drug-likeness (QED) is 0.682. The Morgan fingerprint density at radius 3 is 2.33 bits per heavy atom. The second kappa shape index (κ2) is 4.86. The Hall–Kier alpha value is -1.46. The van der Waals surface area contributed by atoms with Crippen molar-refractivity contribution < 1.29 is 14.3 Å². The normalized spacial score (nSPS) is 14.6. The van der Waals surface area contributed by atoms with E-state index in [2.05, 4.69) is 0 Å². The highest BCUT2D eigenvalue weighted by Gasteiger charge is 2.16. The summed E-state index contributed by atoms with van der Waals surface area (Å²) in [5.74, 6) is -1.44. The Labute approximate surface area is 86.7 Å². The number of carbonyl (C=O) groups is 1. The molecular weight excluding hydrogens is 199 g/mol. The molecule has 0 heterocycles. The van der Waals surface area contributed by atoms with Gasteiger partial charge < -0.3 is 16.6 Å². The molecular formula is C10H13FN2O2. The minimum absolute atomic E-state index is 0.126. The van der Waals surface area contributed by atoms with E-state index in [1.54, 1.807) is 0 Å². The van der Waals surface area contributed by atoms with Gasteiger partial charge in [-0.05, 0) is 24.1 Å². The van der Waals surface area contributed by atoms with Gasteiger partial charge in [-0.2, -0.15) is 0 Å². The smallest absolute Gasteiger partial charge is 0.320 e. The van der Waals surface area contributed by atoms with E-state index in [4.69, 9.17) is 16.6 Å². The van der Waals surface area contributed by atoms with Crippen LogP contribution in [-0.4, -0.2) is 17.1 Å². The Morgan fingerprint density at radius 2 is 1.87 bits per heavy atom. The van der Waals surface area contributed by atoms with Gasteiger partial charge in [0.05, 0.1) is 0 Å². The Kier molecular flexibility index (Phi) is 3.76. The summed E-state index contributed by atoms with van der Waals surface area (Å²) in [4.78, 5) is 10.5. The molecule has 0 bridgehead atoms. The number of hydrogen-bond acceptors (Lipinski definition) is 3. The van der Waals surface area contributed by atoms with Gasteiger partial charge in [-0.3, -0.25) is 4.79 Å². The molecule has 0 saturated carbocycles. The molecule has 1 aromatic rings. The van der Waals surface area contributed by atoms with Gasteiger partial charge in [0, 0.05) is 6.04 Å². The number of nitrogens with two attached hydrogens (primary N) is 2. The van der Waals surface area contributed by atoms with Gasteiger partial charge >= 0.3 is 5.97 Å². The predicted octanol–water partition coefficient (Wildman–Crippen LogP) is 0.627. The van der Waals surface area contributed by atoms with E-state index in [1.807, 2.05) is 0 Å². The van der Waals surface area contributed by atoms with Gasteiger partial charge in [0.15, 0.2) is 0 Å². The van der Waals surface area contributed by atoms with E-state index >= 15 is 0 Å². The molecule has 0 radical (unpaired) electrons. The summed E-state index contributed by atoms with van der Waals surface area (Å²) in [6, 6.07) is 4.12. The first-order valence-corrected chi connectivity index (χ1v) is 4.50. The van der Waals surface area contributed by atoms with Crippen LogP contribution in [-0.2, 0) is 4.79 Å². The van der Waals surface area contributed by atoms with Crippen LogP contribution in [0.2, 0.25) is 0 Å². The molecule has 5 heteroatoms. The second-order valence-corrected chi connectivity index (χ2v) is 3.34. The third kappa shape index (κ3) is 3.30. The van der Waals surface area contributed by atoms with Gasteiger partial charge in [0.1, 0.15) is 11.9 Å². The van der Waals surface area contributed by atoms with Crippen LogP contribution in [0.3, 0.4) is 0 Å². The number of rotatable bonds is 4. The largest absolute Gasteiger partial charge is 0.480 e. The first-order chi connectivity index (χ1) is 7.00. The summed E-state index contributed by atoms with van der Waals surface area (Å²) in [7, 11) is 0. The van der Waals surface area contributed by atoms with Crippen molar-refractivity contribution in [2.75, 3.05) is 0 Å². The van der Waals surface area contributed by atoms with Crippen LogP contribution in [0, 0.1) is 5.82 Å². The molecule has 0 aliphatic rings. The zero-order valence-corrected chi connectivity index (χ0v) is 8.06. The zero-order valence-electron chi connectivity index (χ0n) is 8.06. The number of carboxylic acids is 1. The average Bonchev–Trinajstić information content (AvgIpc) is 2.18. The second-order valence-electron chi connectivity index (χ2n) is 3.34. The van der Waals surface area contributed by atoms with Crippen molar-refractivity contribution in [2.45, 2.75) is 18.5 Å². The first-order valence-electron chi connectivity index (χ1n) is 4.50. The molecule has 0 spiro atoms. The van der Waals surface area contributed by atoms with Crippen molar-refractivity contribution in [3.05, 3.63) is 35.6 Å². The summed E-state index contributed by atoms with van der Waals surface area (Å²) >= 11 is 0. The van der Waals surface area contributed by atoms with Crippen LogP contribution in [0.25, 0.3) is 0 Å². The molecule has 1 rings (SSSR count). The fourth-order valence-electron chi connectivity index (χ4n) is 1.22. The highest BCUT2D eigenvalue weighted by molar-refractivity contribution is 5.73. The Balaban J connectivity index is 2.64. The van der Waals surface area contributed by atoms with Crippen molar-refractivity contribution in [1.82, 2.24) is 0 Å². The van der Waals surface area contributed by atoms with Crippen LogP contribution >= 0.6 is 0 Å². The number of carboxylic acid groups (broad SMARTS) is 1. The van der Waals surface area contributed by atoms with Gasteiger partial charge in [0.25, 0.3) is 0 Å². The van der Waals surface area contributed by atoms with Crippen molar-refractivity contribution in [3.63, 3.8) is 0 Å². The molecule has 0 fully saturated rings. The minimum atomic E-state index is -1.09. The summed E-state index contributed by atoms with van der Waals surface area (Å²) < 4.78 is 12.6. The molecule has 4 nitrogen and oxygen atoms in total. The molecule has 0 saturated heterocycles. The lowest BCUT2D eigenvalue weighted by molar-refractivity contribution is -0.138. The average molecular weight is 212 g/mol. The van der Waals surface area contributed by atoms with Crippen LogP contribution < -0.4 is 11.5 Å². The maximum Gasteiger partial charge on any atom is 0.320 e. The fraction of sp³-hybridized carbons (Fsp3) is 0.300. The molecule has 0 aliphatic heterocycles. The van der Waals surface area contributed by atoms with Crippen LogP contribution in [0.15, 0.2) is 24.3 Å². The third-order valence-corrected chi connectivity index (χ3v) is 2.12. The van der Waals surface area contributed by atoms with Gasteiger partial charge in [-0.15, -0.1) is 0 Å². The van der Waals surface area contributed by atoms with Crippen LogP contribution in [0.4, 0.5) is 4.39 Å². The summed E-state index contributed by atoms with van der Waals surface area (Å²) in [6.45, 7) is 0. The van der Waals surface area contributed by atoms with Crippen molar-refractivity contribution in [2.24, 2.45) is 11.5 Å². The number of aliphatic carboxylic acids is 1. The molecule has 5 N–H and O–H groups in total. The van der Waals surface area contributed by atoms with Crippen LogP contribution in [0.1, 0.15) is 18.0 Å². The van der Waals surface area contributed by atoms with E-state index < -0.39 is 18.1 Å². The molecule has 82 valence electrons. The zero-order chi connectivity index (χ0) is 11.4. The maximum absolute atomic E-state index is 12.6. The van der Waals surface area contributed by atoms with E-state index in [0.717, 1.165) is 0 Å². The van der Waals surface area contributed by atoms with Crippen molar-refractivity contribution in [3.8, 4) is 0 Å². The third-order valence-electron chi connectivity index (χ3n) is 2.12. The van der Waals surface area contributed by atoms with Crippen molar-refractivity contribution >= 4 is 5.97 Å². The fourth-order valence-corrected chi connectivity index (χ4v) is 1.22. The SMILES string of the molecule is N[C@H](C[C@H](N)c1ccc(F)cc1)C(=O)O. The molecule has 1 aromatic carbocycles. The Morgan fingerprint density at radius 1 is 1.33 bits per heavy atom. The van der Waals surface area contributed by atoms with E-state index in [0.29, 0.717) is 5.56 Å². The van der Waals surface area contributed by atoms with E-state index in [1.165, 1.54) is 24.3 Å². The number of hydrogen-bond donors (Lipinski definition) is 3. The summed E-state index contributed by atoms with van der Waals surface area (Å²) in [5.41, 5.74) is 11.7. The predicted molar refractivity (Wildman–Crippen MR) is 53.6 cm³/mol. The number of halogens is 1. The van der Waals surface area contributed by atoms with E-state index in [-0.39, 0.29) is 12.2 Å². The molecule has 0 aromatic heterocycles. The standard InChI is InChI=1S/C10H13FN2O2/c11-7-3-1-6(2-4-7)8(12)5-9(13)10(14)15/h1-4,8-9H,5,12-13H2,(H,14,15)/t8-,9+/m0/s1. The summed E-state index contributed by atoms with van der Waals surface area (Å²) in [5, 5.41) is 8.58. The van der Waals surface area contributed by atoms with Crippen molar-refractivity contribution in [1.29, 1.82) is 0 Å². The lowest BCUT2D eigenvalue weighted by Gasteiger charge is -2.14. The lowest BCUT2D eigenvalue weighted by atomic mass is 10.0. The molecule has 2 atom stereocenters. The van der Waals surface area contributed by atoms with Crippen LogP contribution in [0.5, 0.6) is 0 Å².